The van der Waals surface area contributed by atoms with Crippen LogP contribution in [-0.2, 0) is 35.2 Å². The summed E-state index contributed by atoms with van der Waals surface area (Å²) in [4.78, 5) is 80.9. The SMILES string of the molecule is CC(C)C[C@H](CC(=O)[C@H](Cc1ccc(O)cc1)NC(=O)[C@@]1(C)CCCC=CC[C@H](N)C(=O)N[C@@H](CCCCN)C(=O)N[C@@H](CCCCN)C(=O)N1)C(=O)O. The molecule has 15 heteroatoms. The molecule has 1 heterocycles. The number of unbranched alkanes of at least 4 members (excludes halogenated alkanes) is 2. The van der Waals surface area contributed by atoms with E-state index in [1.807, 2.05) is 19.9 Å². The van der Waals surface area contributed by atoms with Gasteiger partial charge in [0.25, 0.3) is 0 Å². The van der Waals surface area contributed by atoms with Crippen LogP contribution in [0.2, 0.25) is 0 Å². The lowest BCUT2D eigenvalue weighted by Crippen LogP contribution is -2.63. The summed E-state index contributed by atoms with van der Waals surface area (Å²) in [5, 5.41) is 30.9. The fourth-order valence-corrected chi connectivity index (χ4v) is 6.36. The smallest absolute Gasteiger partial charge is 0.306 e. The quantitative estimate of drug-likeness (QED) is 0.0768. The molecule has 0 spiro atoms. The molecular weight excluding hydrogens is 694 g/mol. The van der Waals surface area contributed by atoms with Gasteiger partial charge in [-0.25, -0.2) is 0 Å². The van der Waals surface area contributed by atoms with Crippen molar-refractivity contribution < 1.29 is 39.0 Å². The van der Waals surface area contributed by atoms with Crippen molar-refractivity contribution in [1.29, 1.82) is 0 Å². The van der Waals surface area contributed by atoms with Gasteiger partial charge in [-0.05, 0) is 121 Å². The van der Waals surface area contributed by atoms with Gasteiger partial charge in [-0.3, -0.25) is 28.8 Å². The highest BCUT2D eigenvalue weighted by atomic mass is 16.4. The molecule has 1 aromatic carbocycles. The Kier molecular flexibility index (Phi) is 19.9. The van der Waals surface area contributed by atoms with Gasteiger partial charge in [0.1, 0.15) is 23.4 Å². The molecule has 1 aromatic rings. The van der Waals surface area contributed by atoms with E-state index < -0.39 is 71.0 Å². The van der Waals surface area contributed by atoms with Crippen LogP contribution in [0.3, 0.4) is 0 Å². The molecule has 0 bridgehead atoms. The van der Waals surface area contributed by atoms with Gasteiger partial charge >= 0.3 is 5.97 Å². The summed E-state index contributed by atoms with van der Waals surface area (Å²) in [5.74, 6) is -4.89. The maximum Gasteiger partial charge on any atom is 0.306 e. The van der Waals surface area contributed by atoms with Crippen molar-refractivity contribution in [2.75, 3.05) is 13.1 Å². The lowest BCUT2D eigenvalue weighted by atomic mass is 9.88. The molecule has 12 N–H and O–H groups in total. The Morgan fingerprint density at radius 3 is 2.07 bits per heavy atom. The lowest BCUT2D eigenvalue weighted by molar-refractivity contribution is -0.144. The van der Waals surface area contributed by atoms with Gasteiger partial charge in [0.2, 0.25) is 23.6 Å². The van der Waals surface area contributed by atoms with Gasteiger partial charge in [-0.15, -0.1) is 0 Å². The molecule has 6 atom stereocenters. The summed E-state index contributed by atoms with van der Waals surface area (Å²) < 4.78 is 0. The number of carboxylic acid groups (broad SMARTS) is 1. The summed E-state index contributed by atoms with van der Waals surface area (Å²) in [7, 11) is 0. The standard InChI is InChI=1S/C39H63N7O8/c1-25(2)22-27(37(52)53)24-33(48)32(23-26-15-17-28(47)18-16-26)45-38(54)39(3)19-9-5-4-6-12-29(42)34(49)43-30(13-7-10-20-40)35(50)44-31(36(51)46-39)14-8-11-21-41/h4,6,15-18,25,27,29-32,47H,5,7-14,19-24,40-42H2,1-3H3,(H,43,49)(H,44,50)(H,45,54)(H,46,51)(H,52,53)/t27-,29+,30+,31+,32+,39-/m1/s1. The molecule has 1 aliphatic heterocycles. The van der Waals surface area contributed by atoms with Crippen LogP contribution >= 0.6 is 0 Å². The van der Waals surface area contributed by atoms with Crippen LogP contribution < -0.4 is 38.5 Å². The number of rotatable bonds is 18. The number of ketones is 1. The Morgan fingerprint density at radius 1 is 0.907 bits per heavy atom. The zero-order chi connectivity index (χ0) is 40.3. The van der Waals surface area contributed by atoms with Gasteiger partial charge in [-0.2, -0.15) is 0 Å². The highest BCUT2D eigenvalue weighted by Gasteiger charge is 2.39. The molecule has 0 saturated heterocycles. The van der Waals surface area contributed by atoms with Crippen LogP contribution in [0.4, 0.5) is 0 Å². The van der Waals surface area contributed by atoms with E-state index in [1.54, 1.807) is 25.1 Å². The number of Topliss-reactive ketones (excluding diaryl/α,β-unsaturated/α-hetero) is 1. The molecule has 0 fully saturated rings. The Bertz CT molecular complexity index is 1420. The summed E-state index contributed by atoms with van der Waals surface area (Å²) in [6.45, 7) is 6.05. The predicted molar refractivity (Wildman–Crippen MR) is 206 cm³/mol. The molecule has 0 aromatic heterocycles. The van der Waals surface area contributed by atoms with Crippen LogP contribution in [0.5, 0.6) is 5.75 Å². The van der Waals surface area contributed by atoms with Crippen molar-refractivity contribution in [3.63, 3.8) is 0 Å². The molecule has 2 rings (SSSR count). The summed E-state index contributed by atoms with van der Waals surface area (Å²) in [6.07, 6.45) is 7.50. The third kappa shape index (κ3) is 15.9. The topological polar surface area (TPSA) is 269 Å². The lowest BCUT2D eigenvalue weighted by Gasteiger charge is -2.34. The summed E-state index contributed by atoms with van der Waals surface area (Å²) >= 11 is 0. The van der Waals surface area contributed by atoms with Crippen molar-refractivity contribution in [2.45, 2.75) is 134 Å². The molecule has 0 unspecified atom stereocenters. The van der Waals surface area contributed by atoms with E-state index in [1.165, 1.54) is 12.1 Å². The first-order valence-electron chi connectivity index (χ1n) is 19.2. The molecule has 0 saturated carbocycles. The van der Waals surface area contributed by atoms with Crippen LogP contribution in [0.15, 0.2) is 36.4 Å². The summed E-state index contributed by atoms with van der Waals surface area (Å²) in [5.41, 5.74) is 16.6. The number of amides is 4. The van der Waals surface area contributed by atoms with E-state index in [4.69, 9.17) is 17.2 Å². The van der Waals surface area contributed by atoms with Crippen molar-refractivity contribution >= 4 is 35.4 Å². The number of aliphatic carboxylic acids is 1. The molecular formula is C39H63N7O8. The molecule has 1 aliphatic rings. The number of phenolic OH excluding ortho intramolecular Hbond substituents is 1. The van der Waals surface area contributed by atoms with Crippen molar-refractivity contribution in [1.82, 2.24) is 21.3 Å². The molecule has 15 nitrogen and oxygen atoms in total. The number of carbonyl (C=O) groups is 6. The number of phenols is 1. The second-order valence-electron chi connectivity index (χ2n) is 15.0. The number of aromatic hydroxyl groups is 1. The van der Waals surface area contributed by atoms with Crippen molar-refractivity contribution in [3.8, 4) is 5.75 Å². The minimum absolute atomic E-state index is 0.0112. The fourth-order valence-electron chi connectivity index (χ4n) is 6.36. The molecule has 0 radical (unpaired) electrons. The molecule has 54 heavy (non-hydrogen) atoms. The zero-order valence-electron chi connectivity index (χ0n) is 32.1. The fraction of sp³-hybridized carbons (Fsp3) is 0.641. The van der Waals surface area contributed by atoms with E-state index in [0.717, 1.165) is 0 Å². The van der Waals surface area contributed by atoms with Crippen LogP contribution in [-0.4, -0.2) is 88.4 Å². The zero-order valence-corrected chi connectivity index (χ0v) is 32.1. The highest BCUT2D eigenvalue weighted by Crippen LogP contribution is 2.22. The number of nitrogens with two attached hydrogens (primary N) is 3. The number of carboxylic acids is 1. The average Bonchev–Trinajstić information content (AvgIpc) is 3.11. The predicted octanol–water partition coefficient (Wildman–Crippen LogP) is 1.69. The second-order valence-corrected chi connectivity index (χ2v) is 15.0. The first-order chi connectivity index (χ1) is 25.6. The number of hydrogen-bond donors (Lipinski definition) is 9. The Labute approximate surface area is 319 Å². The van der Waals surface area contributed by atoms with E-state index in [0.29, 0.717) is 57.2 Å². The number of nitrogens with one attached hydrogen (secondary N) is 4. The first-order valence-corrected chi connectivity index (χ1v) is 19.2. The monoisotopic (exact) mass is 757 g/mol. The number of allylic oxidation sites excluding steroid dienone is 1. The third-order valence-corrected chi connectivity index (χ3v) is 9.62. The maximum atomic E-state index is 14.3. The van der Waals surface area contributed by atoms with Crippen molar-refractivity contribution in [2.24, 2.45) is 29.0 Å². The third-order valence-electron chi connectivity index (χ3n) is 9.62. The van der Waals surface area contributed by atoms with Gasteiger partial charge in [0, 0.05) is 6.42 Å². The Balaban J connectivity index is 2.51. The van der Waals surface area contributed by atoms with Gasteiger partial charge in [0.15, 0.2) is 5.78 Å². The molecule has 302 valence electrons. The first kappa shape index (κ1) is 45.8. The van der Waals surface area contributed by atoms with Gasteiger partial charge in [0.05, 0.1) is 18.0 Å². The van der Waals surface area contributed by atoms with Gasteiger partial charge in [-0.1, -0.05) is 38.1 Å². The minimum atomic E-state index is -1.57. The maximum absolute atomic E-state index is 14.3. The second kappa shape index (κ2) is 23.4. The van der Waals surface area contributed by atoms with Crippen molar-refractivity contribution in [3.05, 3.63) is 42.0 Å². The largest absolute Gasteiger partial charge is 0.508 e. The molecule has 0 aliphatic carbocycles. The highest BCUT2D eigenvalue weighted by molar-refractivity contribution is 5.98. The van der Waals surface area contributed by atoms with Crippen LogP contribution in [0.1, 0.15) is 103 Å². The normalized spacial score (nSPS) is 22.8. The van der Waals surface area contributed by atoms with E-state index in [-0.39, 0.29) is 56.6 Å². The average molecular weight is 758 g/mol. The summed E-state index contributed by atoms with van der Waals surface area (Å²) in [6, 6.07) is 1.99. The number of carbonyl (C=O) groups excluding carboxylic acids is 5. The number of hydrogen-bond acceptors (Lipinski definition) is 10. The number of benzene rings is 1. The van der Waals surface area contributed by atoms with E-state index in [2.05, 4.69) is 21.3 Å². The van der Waals surface area contributed by atoms with Gasteiger partial charge < -0.3 is 48.7 Å². The minimum Gasteiger partial charge on any atom is -0.508 e. The van der Waals surface area contributed by atoms with E-state index >= 15 is 0 Å². The van der Waals surface area contributed by atoms with Crippen LogP contribution in [0, 0.1) is 11.8 Å². The van der Waals surface area contributed by atoms with E-state index in [9.17, 15) is 39.0 Å². The Morgan fingerprint density at radius 2 is 1.50 bits per heavy atom. The van der Waals surface area contributed by atoms with Crippen LogP contribution in [0.25, 0.3) is 0 Å². The Hall–Kier alpha value is -4.34. The molecule has 4 amide bonds.